The van der Waals surface area contributed by atoms with Crippen LogP contribution in [0, 0.1) is 0 Å². The van der Waals surface area contributed by atoms with Crippen LogP contribution < -0.4 is 5.32 Å². The number of esters is 1. The summed E-state index contributed by atoms with van der Waals surface area (Å²) >= 11 is 0. The summed E-state index contributed by atoms with van der Waals surface area (Å²) in [7, 11) is -1.34. The minimum Gasteiger partial charge on any atom is -0.452 e. The van der Waals surface area contributed by atoms with Crippen LogP contribution in [-0.4, -0.2) is 28.9 Å². The third-order valence-corrected chi connectivity index (χ3v) is 5.30. The lowest BCUT2D eigenvalue weighted by Gasteiger charge is -2.20. The standard InChI is InChI=1S/C23H21NO4S/c1-29(27)20-15-9-8-14-19(20)23(26)28-16-21(25)24-22(17-10-4-2-5-11-17)18-12-6-3-7-13-18/h2-15,22H,16H2,1H3,(H,24,25)/t29-/m1/s1. The predicted octanol–water partition coefficient (Wildman–Crippen LogP) is 3.49. The first-order chi connectivity index (χ1) is 14.1. The lowest BCUT2D eigenvalue weighted by atomic mass is 9.99. The Bertz CT molecular complexity index is 966. The van der Waals surface area contributed by atoms with E-state index in [0.717, 1.165) is 11.1 Å². The van der Waals surface area contributed by atoms with Crippen LogP contribution in [-0.2, 0) is 20.3 Å². The molecule has 0 aliphatic rings. The molecule has 3 aromatic rings. The number of nitrogens with one attached hydrogen (secondary N) is 1. The van der Waals surface area contributed by atoms with E-state index in [-0.39, 0.29) is 11.6 Å². The lowest BCUT2D eigenvalue weighted by molar-refractivity contribution is -0.124. The molecular formula is C23H21NO4S. The van der Waals surface area contributed by atoms with Gasteiger partial charge in [-0.05, 0) is 23.3 Å². The highest BCUT2D eigenvalue weighted by molar-refractivity contribution is 7.84. The van der Waals surface area contributed by atoms with Gasteiger partial charge in [-0.2, -0.15) is 0 Å². The molecule has 6 heteroatoms. The van der Waals surface area contributed by atoms with Crippen LogP contribution in [0.15, 0.2) is 89.8 Å². The molecule has 0 saturated carbocycles. The second kappa shape index (κ2) is 9.80. The quantitative estimate of drug-likeness (QED) is 0.609. The third-order valence-electron chi connectivity index (χ3n) is 4.32. The van der Waals surface area contributed by atoms with Crippen molar-refractivity contribution in [3.05, 3.63) is 102 Å². The zero-order valence-corrected chi connectivity index (χ0v) is 16.7. The summed E-state index contributed by atoms with van der Waals surface area (Å²) in [6.07, 6.45) is 1.49. The van der Waals surface area contributed by atoms with Crippen molar-refractivity contribution < 1.29 is 18.5 Å². The van der Waals surface area contributed by atoms with Crippen molar-refractivity contribution in [1.29, 1.82) is 0 Å². The molecule has 0 spiro atoms. The number of ether oxygens (including phenoxy) is 1. The molecule has 0 fully saturated rings. The van der Waals surface area contributed by atoms with Gasteiger partial charge in [-0.3, -0.25) is 9.00 Å². The molecular weight excluding hydrogens is 386 g/mol. The van der Waals surface area contributed by atoms with Crippen molar-refractivity contribution in [3.8, 4) is 0 Å². The summed E-state index contributed by atoms with van der Waals surface area (Å²) in [4.78, 5) is 25.2. The molecule has 0 aliphatic heterocycles. The Morgan fingerprint density at radius 1 is 0.862 bits per heavy atom. The molecule has 29 heavy (non-hydrogen) atoms. The first-order valence-electron chi connectivity index (χ1n) is 9.05. The van der Waals surface area contributed by atoms with E-state index < -0.39 is 29.3 Å². The summed E-state index contributed by atoms with van der Waals surface area (Å²) in [5, 5.41) is 2.92. The van der Waals surface area contributed by atoms with Crippen LogP contribution in [0.3, 0.4) is 0 Å². The average molecular weight is 407 g/mol. The van der Waals surface area contributed by atoms with E-state index >= 15 is 0 Å². The van der Waals surface area contributed by atoms with Gasteiger partial charge in [0.15, 0.2) is 6.61 Å². The molecule has 0 unspecified atom stereocenters. The molecule has 5 nitrogen and oxygen atoms in total. The Morgan fingerprint density at radius 3 is 1.93 bits per heavy atom. The maximum absolute atomic E-state index is 12.5. The Kier molecular flexibility index (Phi) is 6.92. The van der Waals surface area contributed by atoms with Crippen LogP contribution >= 0.6 is 0 Å². The van der Waals surface area contributed by atoms with E-state index in [1.54, 1.807) is 18.2 Å². The topological polar surface area (TPSA) is 72.5 Å². The number of carbonyl (C=O) groups is 2. The van der Waals surface area contributed by atoms with Crippen molar-refractivity contribution >= 4 is 22.7 Å². The minimum absolute atomic E-state index is 0.198. The van der Waals surface area contributed by atoms with Gasteiger partial charge in [-0.15, -0.1) is 0 Å². The van der Waals surface area contributed by atoms with E-state index in [9.17, 15) is 13.8 Å². The summed E-state index contributed by atoms with van der Waals surface area (Å²) in [6, 6.07) is 25.3. The third kappa shape index (κ3) is 5.39. The largest absolute Gasteiger partial charge is 0.452 e. The first-order valence-corrected chi connectivity index (χ1v) is 10.6. The fourth-order valence-corrected chi connectivity index (χ4v) is 3.68. The Hall–Kier alpha value is -3.25. The van der Waals surface area contributed by atoms with Crippen molar-refractivity contribution in [2.24, 2.45) is 0 Å². The van der Waals surface area contributed by atoms with Crippen molar-refractivity contribution in [2.75, 3.05) is 12.9 Å². The second-order valence-electron chi connectivity index (χ2n) is 6.35. The summed E-state index contributed by atoms with van der Waals surface area (Å²) < 4.78 is 17.0. The zero-order chi connectivity index (χ0) is 20.6. The summed E-state index contributed by atoms with van der Waals surface area (Å²) in [6.45, 7) is -0.431. The summed E-state index contributed by atoms with van der Waals surface area (Å²) in [5.74, 6) is -1.10. The fraction of sp³-hybridized carbons (Fsp3) is 0.130. The van der Waals surface area contributed by atoms with Gasteiger partial charge in [-0.25, -0.2) is 4.79 Å². The molecule has 0 heterocycles. The highest BCUT2D eigenvalue weighted by atomic mass is 32.2. The van der Waals surface area contributed by atoms with Crippen molar-refractivity contribution in [2.45, 2.75) is 10.9 Å². The molecule has 3 rings (SSSR count). The van der Waals surface area contributed by atoms with Gasteiger partial charge in [0.05, 0.1) is 27.3 Å². The van der Waals surface area contributed by atoms with Crippen LogP contribution in [0.4, 0.5) is 0 Å². The van der Waals surface area contributed by atoms with Gasteiger partial charge in [0, 0.05) is 6.26 Å². The van der Waals surface area contributed by atoms with Gasteiger partial charge in [0.25, 0.3) is 5.91 Å². The van der Waals surface area contributed by atoms with Gasteiger partial charge >= 0.3 is 5.97 Å². The normalized spacial score (nSPS) is 11.7. The Labute approximate surface area is 172 Å². The summed E-state index contributed by atoms with van der Waals surface area (Å²) in [5.41, 5.74) is 2.04. The van der Waals surface area contributed by atoms with Crippen molar-refractivity contribution in [3.63, 3.8) is 0 Å². The van der Waals surface area contributed by atoms with E-state index in [1.165, 1.54) is 12.3 Å². The number of hydrogen-bond acceptors (Lipinski definition) is 4. The molecule has 0 aliphatic carbocycles. The molecule has 1 amide bonds. The number of carbonyl (C=O) groups excluding carboxylic acids is 2. The minimum atomic E-state index is -1.34. The molecule has 0 saturated heterocycles. The molecule has 1 atom stereocenters. The maximum atomic E-state index is 12.5. The smallest absolute Gasteiger partial charge is 0.339 e. The second-order valence-corrected chi connectivity index (χ2v) is 7.70. The van der Waals surface area contributed by atoms with E-state index in [0.29, 0.717) is 4.90 Å². The average Bonchev–Trinajstić information content (AvgIpc) is 2.77. The van der Waals surface area contributed by atoms with E-state index in [4.69, 9.17) is 4.74 Å². The van der Waals surface area contributed by atoms with Crippen LogP contribution in [0.25, 0.3) is 0 Å². The van der Waals surface area contributed by atoms with E-state index in [1.807, 2.05) is 60.7 Å². The molecule has 148 valence electrons. The van der Waals surface area contributed by atoms with E-state index in [2.05, 4.69) is 5.32 Å². The van der Waals surface area contributed by atoms with Crippen LogP contribution in [0.1, 0.15) is 27.5 Å². The maximum Gasteiger partial charge on any atom is 0.339 e. The number of hydrogen-bond donors (Lipinski definition) is 1. The highest BCUT2D eigenvalue weighted by Crippen LogP contribution is 2.21. The van der Waals surface area contributed by atoms with Gasteiger partial charge in [0.1, 0.15) is 0 Å². The number of rotatable bonds is 7. The highest BCUT2D eigenvalue weighted by Gasteiger charge is 2.19. The zero-order valence-electron chi connectivity index (χ0n) is 15.9. The van der Waals surface area contributed by atoms with Gasteiger partial charge in [0.2, 0.25) is 0 Å². The molecule has 0 radical (unpaired) electrons. The Balaban J connectivity index is 1.70. The lowest BCUT2D eigenvalue weighted by Crippen LogP contribution is -2.33. The molecule has 1 N–H and O–H groups in total. The first kappa shape index (κ1) is 20.5. The molecule has 0 bridgehead atoms. The fourth-order valence-electron chi connectivity index (χ4n) is 2.95. The monoisotopic (exact) mass is 407 g/mol. The number of amides is 1. The molecule has 0 aromatic heterocycles. The van der Waals surface area contributed by atoms with Crippen LogP contribution in [0.5, 0.6) is 0 Å². The van der Waals surface area contributed by atoms with Gasteiger partial charge in [-0.1, -0.05) is 72.8 Å². The van der Waals surface area contributed by atoms with Crippen molar-refractivity contribution in [1.82, 2.24) is 5.32 Å². The Morgan fingerprint density at radius 2 is 1.38 bits per heavy atom. The van der Waals surface area contributed by atoms with Crippen LogP contribution in [0.2, 0.25) is 0 Å². The SMILES string of the molecule is C[S@@](=O)c1ccccc1C(=O)OCC(=O)NC(c1ccccc1)c1ccccc1. The van der Waals surface area contributed by atoms with Gasteiger partial charge < -0.3 is 10.1 Å². The number of benzene rings is 3. The predicted molar refractivity (Wildman–Crippen MR) is 112 cm³/mol. The molecule has 3 aromatic carbocycles.